The van der Waals surface area contributed by atoms with Gasteiger partial charge in [0.15, 0.2) is 0 Å². The van der Waals surface area contributed by atoms with Crippen LogP contribution in [-0.2, 0) is 4.79 Å². The van der Waals surface area contributed by atoms with Gasteiger partial charge in [0.1, 0.15) is 0 Å². The fourth-order valence-electron chi connectivity index (χ4n) is 1.99. The second-order valence-electron chi connectivity index (χ2n) is 4.01. The van der Waals surface area contributed by atoms with Gasteiger partial charge in [0.05, 0.1) is 0 Å². The van der Waals surface area contributed by atoms with E-state index in [0.717, 1.165) is 12.5 Å². The van der Waals surface area contributed by atoms with Crippen LogP contribution in [0.3, 0.4) is 0 Å². The van der Waals surface area contributed by atoms with Crippen molar-refractivity contribution in [3.63, 3.8) is 0 Å². The first-order chi connectivity index (χ1) is 6.24. The summed E-state index contributed by atoms with van der Waals surface area (Å²) >= 11 is 0. The number of carbonyl (C=O) groups is 1. The quantitative estimate of drug-likeness (QED) is 0.681. The van der Waals surface area contributed by atoms with Crippen molar-refractivity contribution in [1.82, 2.24) is 5.32 Å². The molecule has 0 aromatic carbocycles. The average molecular weight is 184 g/mol. The van der Waals surface area contributed by atoms with Crippen LogP contribution in [0.15, 0.2) is 0 Å². The third kappa shape index (κ3) is 3.35. The third-order valence-corrected chi connectivity index (χ3v) is 2.97. The molecular weight excluding hydrogens is 164 g/mol. The van der Waals surface area contributed by atoms with Gasteiger partial charge in [-0.1, -0.05) is 19.8 Å². The highest BCUT2D eigenvalue weighted by molar-refractivity contribution is 5.75. The number of nitrogens with two attached hydrogens (primary N) is 1. The molecule has 0 aliphatic heterocycles. The first kappa shape index (κ1) is 10.5. The van der Waals surface area contributed by atoms with Gasteiger partial charge in [0.2, 0.25) is 5.91 Å². The van der Waals surface area contributed by atoms with E-state index in [-0.39, 0.29) is 5.91 Å². The number of nitrogens with one attached hydrogen (secondary N) is 1. The predicted octanol–water partition coefficient (Wildman–Crippen LogP) is 0.888. The standard InChI is InChI=1S/C10H20N2O/c1-8-3-2-4-9(8)7-12-10(13)5-6-11/h8-9H,2-7,11H2,1H3,(H,12,13). The molecule has 3 N–H and O–H groups in total. The molecule has 2 unspecified atom stereocenters. The Morgan fingerprint density at radius 2 is 2.31 bits per heavy atom. The van der Waals surface area contributed by atoms with Crippen molar-refractivity contribution in [1.29, 1.82) is 0 Å². The van der Waals surface area contributed by atoms with Crippen molar-refractivity contribution in [3.05, 3.63) is 0 Å². The summed E-state index contributed by atoms with van der Waals surface area (Å²) in [6.45, 7) is 3.57. The molecule has 0 saturated heterocycles. The van der Waals surface area contributed by atoms with Crippen LogP contribution < -0.4 is 11.1 Å². The van der Waals surface area contributed by atoms with Crippen LogP contribution in [0.1, 0.15) is 32.6 Å². The van der Waals surface area contributed by atoms with E-state index in [2.05, 4.69) is 12.2 Å². The second kappa shape index (κ2) is 5.22. The molecule has 3 heteroatoms. The Morgan fingerprint density at radius 1 is 1.54 bits per heavy atom. The maximum absolute atomic E-state index is 11.1. The van der Waals surface area contributed by atoms with Gasteiger partial charge >= 0.3 is 0 Å². The zero-order valence-corrected chi connectivity index (χ0v) is 8.38. The molecule has 1 rings (SSSR count). The summed E-state index contributed by atoms with van der Waals surface area (Å²) < 4.78 is 0. The van der Waals surface area contributed by atoms with E-state index >= 15 is 0 Å². The van der Waals surface area contributed by atoms with E-state index < -0.39 is 0 Å². The Labute approximate surface area is 80.1 Å². The van der Waals surface area contributed by atoms with Crippen molar-refractivity contribution in [2.75, 3.05) is 13.1 Å². The topological polar surface area (TPSA) is 55.1 Å². The molecule has 0 bridgehead atoms. The lowest BCUT2D eigenvalue weighted by atomic mass is 9.98. The number of rotatable bonds is 4. The Kier molecular flexibility index (Phi) is 4.22. The lowest BCUT2D eigenvalue weighted by molar-refractivity contribution is -0.121. The zero-order chi connectivity index (χ0) is 9.68. The lowest BCUT2D eigenvalue weighted by Crippen LogP contribution is -2.31. The molecule has 0 radical (unpaired) electrons. The molecule has 3 nitrogen and oxygen atoms in total. The van der Waals surface area contributed by atoms with E-state index in [1.165, 1.54) is 19.3 Å². The molecule has 0 heterocycles. The smallest absolute Gasteiger partial charge is 0.221 e. The van der Waals surface area contributed by atoms with Crippen LogP contribution >= 0.6 is 0 Å². The third-order valence-electron chi connectivity index (χ3n) is 2.97. The van der Waals surface area contributed by atoms with Gasteiger partial charge < -0.3 is 11.1 Å². The molecule has 2 atom stereocenters. The summed E-state index contributed by atoms with van der Waals surface area (Å²) in [4.78, 5) is 11.1. The molecule has 1 aliphatic rings. The van der Waals surface area contributed by atoms with E-state index in [0.29, 0.717) is 18.9 Å². The average Bonchev–Trinajstić information content (AvgIpc) is 2.48. The molecule has 1 amide bonds. The minimum absolute atomic E-state index is 0.0987. The first-order valence-corrected chi connectivity index (χ1v) is 5.20. The largest absolute Gasteiger partial charge is 0.356 e. The molecular formula is C10H20N2O. The van der Waals surface area contributed by atoms with Crippen LogP contribution in [-0.4, -0.2) is 19.0 Å². The molecule has 0 aromatic heterocycles. The minimum Gasteiger partial charge on any atom is -0.356 e. The van der Waals surface area contributed by atoms with Gasteiger partial charge in [0.25, 0.3) is 0 Å². The Hall–Kier alpha value is -0.570. The predicted molar refractivity (Wildman–Crippen MR) is 53.2 cm³/mol. The monoisotopic (exact) mass is 184 g/mol. The Balaban J connectivity index is 2.14. The molecule has 76 valence electrons. The Bertz CT molecular complexity index is 170. The van der Waals surface area contributed by atoms with E-state index in [9.17, 15) is 4.79 Å². The lowest BCUT2D eigenvalue weighted by Gasteiger charge is -2.15. The molecule has 13 heavy (non-hydrogen) atoms. The van der Waals surface area contributed by atoms with Gasteiger partial charge in [-0.2, -0.15) is 0 Å². The highest BCUT2D eigenvalue weighted by Crippen LogP contribution is 2.30. The van der Waals surface area contributed by atoms with Gasteiger partial charge in [-0.05, 0) is 18.3 Å². The summed E-state index contributed by atoms with van der Waals surface area (Å²) in [6.07, 6.45) is 4.36. The molecule has 1 saturated carbocycles. The number of carbonyl (C=O) groups excluding carboxylic acids is 1. The number of hydrogen-bond acceptors (Lipinski definition) is 2. The van der Waals surface area contributed by atoms with Crippen LogP contribution in [0.2, 0.25) is 0 Å². The summed E-state index contributed by atoms with van der Waals surface area (Å²) in [6, 6.07) is 0. The SMILES string of the molecule is CC1CCCC1CNC(=O)CCN. The minimum atomic E-state index is 0.0987. The molecule has 1 fully saturated rings. The van der Waals surface area contributed by atoms with Crippen molar-refractivity contribution >= 4 is 5.91 Å². The van der Waals surface area contributed by atoms with E-state index in [4.69, 9.17) is 5.73 Å². The summed E-state index contributed by atoms with van der Waals surface area (Å²) in [5.41, 5.74) is 5.28. The fraction of sp³-hybridized carbons (Fsp3) is 0.900. The van der Waals surface area contributed by atoms with Gasteiger partial charge in [0, 0.05) is 19.5 Å². The van der Waals surface area contributed by atoms with Crippen LogP contribution in [0.25, 0.3) is 0 Å². The highest BCUT2D eigenvalue weighted by Gasteiger charge is 2.23. The summed E-state index contributed by atoms with van der Waals surface area (Å²) in [5.74, 6) is 1.57. The molecule has 0 aromatic rings. The molecule has 0 spiro atoms. The second-order valence-corrected chi connectivity index (χ2v) is 4.01. The van der Waals surface area contributed by atoms with Crippen LogP contribution in [0.4, 0.5) is 0 Å². The first-order valence-electron chi connectivity index (χ1n) is 5.20. The number of amides is 1. The molecule has 1 aliphatic carbocycles. The van der Waals surface area contributed by atoms with Gasteiger partial charge in [-0.3, -0.25) is 4.79 Å². The van der Waals surface area contributed by atoms with Crippen molar-refractivity contribution in [2.45, 2.75) is 32.6 Å². The Morgan fingerprint density at radius 3 is 2.85 bits per heavy atom. The highest BCUT2D eigenvalue weighted by atomic mass is 16.1. The van der Waals surface area contributed by atoms with Crippen molar-refractivity contribution < 1.29 is 4.79 Å². The maximum atomic E-state index is 11.1. The van der Waals surface area contributed by atoms with E-state index in [1.54, 1.807) is 0 Å². The normalized spacial score (nSPS) is 27.5. The number of hydrogen-bond donors (Lipinski definition) is 2. The zero-order valence-electron chi connectivity index (χ0n) is 8.38. The van der Waals surface area contributed by atoms with Gasteiger partial charge in [-0.15, -0.1) is 0 Å². The van der Waals surface area contributed by atoms with Crippen LogP contribution in [0, 0.1) is 11.8 Å². The van der Waals surface area contributed by atoms with Crippen LogP contribution in [0.5, 0.6) is 0 Å². The van der Waals surface area contributed by atoms with Crippen molar-refractivity contribution in [2.24, 2.45) is 17.6 Å². The van der Waals surface area contributed by atoms with E-state index in [1.807, 2.05) is 0 Å². The summed E-state index contributed by atoms with van der Waals surface area (Å²) in [5, 5.41) is 2.94. The summed E-state index contributed by atoms with van der Waals surface area (Å²) in [7, 11) is 0. The van der Waals surface area contributed by atoms with Gasteiger partial charge in [-0.25, -0.2) is 0 Å². The maximum Gasteiger partial charge on any atom is 0.221 e. The fourth-order valence-corrected chi connectivity index (χ4v) is 1.99. The van der Waals surface area contributed by atoms with Crippen molar-refractivity contribution in [3.8, 4) is 0 Å².